The molecular formula is C19H15NiOP. The molecule has 0 aromatic heterocycles. The van der Waals surface area contributed by atoms with Crippen molar-refractivity contribution in [2.75, 3.05) is 0 Å². The summed E-state index contributed by atoms with van der Waals surface area (Å²) in [7, 11) is 0. The third kappa shape index (κ3) is 2.87. The van der Waals surface area contributed by atoms with E-state index in [1.807, 2.05) is 91.0 Å². The van der Waals surface area contributed by atoms with Crippen LogP contribution in [0, 0.1) is 0 Å². The molecule has 0 heterocycles. The van der Waals surface area contributed by atoms with Gasteiger partial charge in [-0.3, -0.25) is 0 Å². The molecule has 3 aromatic carbocycles. The minimum Gasteiger partial charge on any atom is -0.233 e. The third-order valence-corrected chi connectivity index (χ3v) is 7.06. The van der Waals surface area contributed by atoms with Crippen LogP contribution in [-0.4, -0.2) is 5.66 Å². The molecule has 0 saturated carbocycles. The number of hydrogen-bond donors (Lipinski definition) is 0. The molecule has 3 rings (SSSR count). The first-order chi connectivity index (χ1) is 10.4. The van der Waals surface area contributed by atoms with Crippen molar-refractivity contribution in [2.24, 2.45) is 0 Å². The van der Waals surface area contributed by atoms with Gasteiger partial charge in [-0.05, 0) is 15.9 Å². The summed E-state index contributed by atoms with van der Waals surface area (Å²) in [5, 5.41) is 3.12. The van der Waals surface area contributed by atoms with E-state index in [-0.39, 0.29) is 16.5 Å². The van der Waals surface area contributed by atoms with Gasteiger partial charge < -0.3 is 0 Å². The molecule has 0 aliphatic carbocycles. The summed E-state index contributed by atoms with van der Waals surface area (Å²) in [6.07, 6.45) is 0. The maximum absolute atomic E-state index is 12.2. The summed E-state index contributed by atoms with van der Waals surface area (Å²) in [5.74, 6) is 0. The molecule has 3 aromatic rings. The molecule has 0 unspecified atom stereocenters. The van der Waals surface area contributed by atoms with Crippen LogP contribution >= 0.6 is 6.89 Å². The van der Waals surface area contributed by atoms with Crippen LogP contribution in [0.5, 0.6) is 0 Å². The van der Waals surface area contributed by atoms with E-state index >= 15 is 0 Å². The summed E-state index contributed by atoms with van der Waals surface area (Å²) < 4.78 is 0. The number of benzene rings is 3. The second-order valence-electron chi connectivity index (χ2n) is 4.77. The fourth-order valence-corrected chi connectivity index (χ4v) is 5.63. The Bertz CT molecular complexity index is 691. The van der Waals surface area contributed by atoms with Gasteiger partial charge in [0.25, 0.3) is 0 Å². The van der Waals surface area contributed by atoms with Crippen LogP contribution in [0.4, 0.5) is 0 Å². The Hall–Kier alpha value is -1.84. The minimum absolute atomic E-state index is 0. The minimum atomic E-state index is -2.34. The van der Waals surface area contributed by atoms with Crippen LogP contribution < -0.4 is 15.9 Å². The topological polar surface area (TPSA) is 17.1 Å². The third-order valence-electron chi connectivity index (χ3n) is 3.57. The van der Waals surface area contributed by atoms with Crippen LogP contribution in [-0.2, 0) is 21.3 Å². The van der Waals surface area contributed by atoms with Crippen LogP contribution in [0.15, 0.2) is 91.0 Å². The molecule has 0 saturated heterocycles. The summed E-state index contributed by atoms with van der Waals surface area (Å²) in [6, 6.07) is 29.9. The molecule has 0 aliphatic rings. The van der Waals surface area contributed by atoms with Crippen molar-refractivity contribution in [1.29, 1.82) is 0 Å². The van der Waals surface area contributed by atoms with Gasteiger partial charge in [0.2, 0.25) is 0 Å². The van der Waals surface area contributed by atoms with Gasteiger partial charge in [-0.15, -0.1) is 0 Å². The molecule has 0 bridgehead atoms. The van der Waals surface area contributed by atoms with Crippen molar-refractivity contribution < 1.29 is 21.3 Å². The van der Waals surface area contributed by atoms with Crippen molar-refractivity contribution in [3.63, 3.8) is 0 Å². The van der Waals surface area contributed by atoms with Gasteiger partial charge in [0.15, 0.2) is 0 Å². The first-order valence-corrected chi connectivity index (χ1v) is 8.62. The van der Waals surface area contributed by atoms with E-state index in [9.17, 15) is 4.79 Å². The van der Waals surface area contributed by atoms with Gasteiger partial charge in [0.1, 0.15) is 5.66 Å². The number of rotatable bonds is 3. The van der Waals surface area contributed by atoms with E-state index in [1.54, 1.807) is 0 Å². The molecule has 0 atom stereocenters. The van der Waals surface area contributed by atoms with Crippen molar-refractivity contribution in [3.05, 3.63) is 91.0 Å². The normalized spacial score (nSPS) is 10.4. The molecule has 1 nitrogen and oxygen atoms in total. The van der Waals surface area contributed by atoms with Gasteiger partial charge in [0, 0.05) is 16.5 Å². The van der Waals surface area contributed by atoms with Gasteiger partial charge in [-0.2, -0.15) is 0 Å². The zero-order valence-electron chi connectivity index (χ0n) is 11.8. The number of carbonyl (C=O) groups excluding carboxylic acids is 1. The molecular weight excluding hydrogens is 334 g/mol. The van der Waals surface area contributed by atoms with Crippen LogP contribution in [0.25, 0.3) is 0 Å². The second-order valence-corrected chi connectivity index (χ2v) is 7.84. The van der Waals surface area contributed by atoms with Gasteiger partial charge in [0.05, 0.1) is 6.89 Å². The molecule has 0 amide bonds. The average Bonchev–Trinajstić information content (AvgIpc) is 2.59. The molecule has 22 heavy (non-hydrogen) atoms. The Labute approximate surface area is 140 Å². The van der Waals surface area contributed by atoms with Crippen LogP contribution in [0.2, 0.25) is 0 Å². The summed E-state index contributed by atoms with van der Waals surface area (Å²) in [6.45, 7) is -2.34. The smallest absolute Gasteiger partial charge is 0.128 e. The zero-order valence-corrected chi connectivity index (χ0v) is 13.7. The maximum atomic E-state index is 12.2. The first kappa shape index (κ1) is 16.5. The average molecular weight is 349 g/mol. The van der Waals surface area contributed by atoms with E-state index in [2.05, 4.69) is 5.66 Å². The Morgan fingerprint density at radius 2 is 0.818 bits per heavy atom. The van der Waals surface area contributed by atoms with Gasteiger partial charge >= 0.3 is 0 Å². The number of hydrogen-bond acceptors (Lipinski definition) is 1. The standard InChI is InChI=1S/C19H15OP.Ni/c20-16-21(17-10-4-1-5-11-17,18-12-6-2-7-13-18)19-14-8-3-9-15-19;/h1-15H;. The monoisotopic (exact) mass is 348 g/mol. The van der Waals surface area contributed by atoms with Crippen molar-refractivity contribution >= 4 is 28.5 Å². The maximum Gasteiger partial charge on any atom is 0.128 e. The zero-order chi connectivity index (χ0) is 14.5. The Morgan fingerprint density at radius 3 is 1.05 bits per heavy atom. The summed E-state index contributed by atoms with van der Waals surface area (Å²) >= 11 is 0. The largest absolute Gasteiger partial charge is 0.233 e. The Balaban J connectivity index is 0.00000176. The van der Waals surface area contributed by atoms with Crippen molar-refractivity contribution in [2.45, 2.75) is 0 Å². The van der Waals surface area contributed by atoms with Crippen LogP contribution in [0.3, 0.4) is 0 Å². The Morgan fingerprint density at radius 1 is 0.545 bits per heavy atom. The molecule has 3 heteroatoms. The van der Waals surface area contributed by atoms with E-state index in [1.165, 1.54) is 0 Å². The fraction of sp³-hybridized carbons (Fsp3) is 0. The predicted molar refractivity (Wildman–Crippen MR) is 90.8 cm³/mol. The molecule has 0 radical (unpaired) electrons. The SMILES string of the molecule is O=C=P(c1ccccc1)(c1ccccc1)c1ccccc1.[Ni]. The van der Waals surface area contributed by atoms with E-state index in [0.29, 0.717) is 0 Å². The van der Waals surface area contributed by atoms with E-state index in [4.69, 9.17) is 0 Å². The van der Waals surface area contributed by atoms with Crippen molar-refractivity contribution in [3.8, 4) is 0 Å². The van der Waals surface area contributed by atoms with Crippen molar-refractivity contribution in [1.82, 2.24) is 0 Å². The quantitative estimate of drug-likeness (QED) is 0.525. The molecule has 0 N–H and O–H groups in total. The van der Waals surface area contributed by atoms with E-state index in [0.717, 1.165) is 15.9 Å². The summed E-state index contributed by atoms with van der Waals surface area (Å²) in [4.78, 5) is 12.2. The summed E-state index contributed by atoms with van der Waals surface area (Å²) in [5.41, 5.74) is 2.43. The molecule has 0 aliphatic heterocycles. The van der Waals surface area contributed by atoms with Gasteiger partial charge in [-0.25, -0.2) is 4.79 Å². The fourth-order valence-electron chi connectivity index (χ4n) is 2.56. The first-order valence-electron chi connectivity index (χ1n) is 6.83. The van der Waals surface area contributed by atoms with Crippen LogP contribution in [0.1, 0.15) is 0 Å². The predicted octanol–water partition coefficient (Wildman–Crippen LogP) is 3.05. The Kier molecular flexibility index (Phi) is 5.59. The second kappa shape index (κ2) is 7.43. The van der Waals surface area contributed by atoms with E-state index < -0.39 is 6.89 Å². The molecule has 0 spiro atoms. The molecule has 112 valence electrons. The molecule has 0 fully saturated rings. The van der Waals surface area contributed by atoms with Gasteiger partial charge in [-0.1, -0.05) is 91.0 Å².